The van der Waals surface area contributed by atoms with Gasteiger partial charge in [-0.15, -0.1) is 11.8 Å². The van der Waals surface area contributed by atoms with Crippen molar-refractivity contribution in [3.05, 3.63) is 53.7 Å². The third-order valence-corrected chi connectivity index (χ3v) is 3.97. The predicted molar refractivity (Wildman–Crippen MR) is 87.0 cm³/mol. The van der Waals surface area contributed by atoms with Crippen molar-refractivity contribution in [2.45, 2.75) is 24.3 Å². The molecule has 4 heteroatoms. The van der Waals surface area contributed by atoms with Gasteiger partial charge in [0.05, 0.1) is 6.04 Å². The van der Waals surface area contributed by atoms with Crippen LogP contribution in [0, 0.1) is 0 Å². The van der Waals surface area contributed by atoms with Crippen LogP contribution in [0.1, 0.15) is 30.5 Å². The molecule has 106 valence electrons. The second-order valence-corrected chi connectivity index (χ2v) is 5.52. The molecule has 0 aliphatic rings. The Hall–Kier alpha value is -1.52. The van der Waals surface area contributed by atoms with Crippen molar-refractivity contribution in [3.8, 4) is 0 Å². The molecule has 1 aromatic heterocycles. The average Bonchev–Trinajstić information content (AvgIpc) is 2.50. The number of thioether (sulfide) groups is 1. The van der Waals surface area contributed by atoms with E-state index < -0.39 is 0 Å². The van der Waals surface area contributed by atoms with E-state index in [1.165, 1.54) is 10.5 Å². The van der Waals surface area contributed by atoms with E-state index in [0.29, 0.717) is 5.82 Å². The summed E-state index contributed by atoms with van der Waals surface area (Å²) in [5, 5.41) is 3.55. The first-order valence-corrected chi connectivity index (χ1v) is 8.06. The maximum atomic E-state index is 6.03. The Morgan fingerprint density at radius 2 is 2.00 bits per heavy atom. The van der Waals surface area contributed by atoms with Gasteiger partial charge in [0.15, 0.2) is 0 Å². The van der Waals surface area contributed by atoms with Gasteiger partial charge in [-0.3, -0.25) is 0 Å². The molecule has 1 heterocycles. The number of nitrogens with one attached hydrogen (secondary N) is 1. The second kappa shape index (κ2) is 7.31. The van der Waals surface area contributed by atoms with Gasteiger partial charge in [0, 0.05) is 16.7 Å². The molecule has 0 bridgehead atoms. The van der Waals surface area contributed by atoms with E-state index in [1.807, 2.05) is 12.1 Å². The Balaban J connectivity index is 2.33. The van der Waals surface area contributed by atoms with Crippen molar-refractivity contribution < 1.29 is 0 Å². The molecule has 0 saturated heterocycles. The van der Waals surface area contributed by atoms with Crippen LogP contribution in [0.15, 0.2) is 47.5 Å². The number of nitrogens with two attached hydrogens (primary N) is 1. The van der Waals surface area contributed by atoms with Gasteiger partial charge in [-0.25, -0.2) is 4.98 Å². The highest BCUT2D eigenvalue weighted by Gasteiger charge is 2.16. The first kappa shape index (κ1) is 14.9. The molecule has 0 radical (unpaired) electrons. The number of aromatic nitrogens is 1. The Bertz CT molecular complexity index is 540. The van der Waals surface area contributed by atoms with Crippen molar-refractivity contribution in [3.63, 3.8) is 0 Å². The van der Waals surface area contributed by atoms with E-state index in [4.69, 9.17) is 5.73 Å². The van der Waals surface area contributed by atoms with E-state index in [-0.39, 0.29) is 6.04 Å². The van der Waals surface area contributed by atoms with Crippen LogP contribution in [0.2, 0.25) is 0 Å². The number of hydrogen-bond acceptors (Lipinski definition) is 4. The SMILES string of the molecule is CCCNC(c1ccc(SC)cc1)c1cccnc1N. The lowest BCUT2D eigenvalue weighted by molar-refractivity contribution is 0.598. The van der Waals surface area contributed by atoms with Gasteiger partial charge >= 0.3 is 0 Å². The highest BCUT2D eigenvalue weighted by atomic mass is 32.2. The molecule has 1 atom stereocenters. The third-order valence-electron chi connectivity index (χ3n) is 3.23. The minimum atomic E-state index is 0.0968. The molecule has 0 spiro atoms. The number of nitrogen functional groups attached to an aromatic ring is 1. The molecule has 0 fully saturated rings. The first-order valence-electron chi connectivity index (χ1n) is 6.84. The van der Waals surface area contributed by atoms with Crippen LogP contribution in [-0.4, -0.2) is 17.8 Å². The Labute approximate surface area is 125 Å². The standard InChI is InChI=1S/C16H21N3S/c1-3-10-18-15(14-5-4-11-19-16(14)17)12-6-8-13(20-2)9-7-12/h4-9,11,15,18H,3,10H2,1-2H3,(H2,17,19). The van der Waals surface area contributed by atoms with Gasteiger partial charge in [-0.2, -0.15) is 0 Å². The van der Waals surface area contributed by atoms with Crippen LogP contribution in [0.25, 0.3) is 0 Å². The summed E-state index contributed by atoms with van der Waals surface area (Å²) >= 11 is 1.75. The van der Waals surface area contributed by atoms with E-state index in [1.54, 1.807) is 18.0 Å². The summed E-state index contributed by atoms with van der Waals surface area (Å²) in [6, 6.07) is 12.7. The molecule has 3 N–H and O–H groups in total. The summed E-state index contributed by atoms with van der Waals surface area (Å²) in [5.41, 5.74) is 8.29. The van der Waals surface area contributed by atoms with Crippen LogP contribution >= 0.6 is 11.8 Å². The van der Waals surface area contributed by atoms with Gasteiger partial charge in [0.25, 0.3) is 0 Å². The molecule has 2 rings (SSSR count). The smallest absolute Gasteiger partial charge is 0.128 e. The third kappa shape index (κ3) is 3.52. The number of hydrogen-bond donors (Lipinski definition) is 2. The topological polar surface area (TPSA) is 50.9 Å². The number of benzene rings is 1. The first-order chi connectivity index (χ1) is 9.76. The van der Waals surface area contributed by atoms with Crippen LogP contribution in [-0.2, 0) is 0 Å². The van der Waals surface area contributed by atoms with Crippen LogP contribution in [0.3, 0.4) is 0 Å². The zero-order valence-corrected chi connectivity index (χ0v) is 12.8. The molecule has 1 unspecified atom stereocenters. The maximum Gasteiger partial charge on any atom is 0.128 e. The fourth-order valence-electron chi connectivity index (χ4n) is 2.17. The summed E-state index contributed by atoms with van der Waals surface area (Å²) in [6.45, 7) is 3.11. The van der Waals surface area contributed by atoms with E-state index in [0.717, 1.165) is 18.5 Å². The summed E-state index contributed by atoms with van der Waals surface area (Å²) in [7, 11) is 0. The van der Waals surface area contributed by atoms with Gasteiger partial charge in [0.1, 0.15) is 5.82 Å². The lowest BCUT2D eigenvalue weighted by Crippen LogP contribution is -2.24. The highest BCUT2D eigenvalue weighted by Crippen LogP contribution is 2.27. The van der Waals surface area contributed by atoms with Crippen molar-refractivity contribution in [2.75, 3.05) is 18.5 Å². The average molecular weight is 287 g/mol. The van der Waals surface area contributed by atoms with Gasteiger partial charge in [-0.1, -0.05) is 25.1 Å². The molecule has 2 aromatic rings. The number of rotatable bonds is 6. The minimum Gasteiger partial charge on any atom is -0.383 e. The van der Waals surface area contributed by atoms with Crippen molar-refractivity contribution in [2.24, 2.45) is 0 Å². The minimum absolute atomic E-state index is 0.0968. The molecule has 0 amide bonds. The van der Waals surface area contributed by atoms with Crippen LogP contribution in [0.4, 0.5) is 5.82 Å². The predicted octanol–water partition coefficient (Wildman–Crippen LogP) is 3.47. The van der Waals surface area contributed by atoms with Crippen LogP contribution in [0.5, 0.6) is 0 Å². The molecule has 0 aliphatic heterocycles. The molecule has 0 saturated carbocycles. The lowest BCUT2D eigenvalue weighted by Gasteiger charge is -2.20. The van der Waals surface area contributed by atoms with Crippen LogP contribution < -0.4 is 11.1 Å². The Morgan fingerprint density at radius 1 is 1.25 bits per heavy atom. The van der Waals surface area contributed by atoms with Crippen molar-refractivity contribution in [1.82, 2.24) is 10.3 Å². The van der Waals surface area contributed by atoms with Gasteiger partial charge < -0.3 is 11.1 Å². The summed E-state index contributed by atoms with van der Waals surface area (Å²) in [5.74, 6) is 0.593. The highest BCUT2D eigenvalue weighted by molar-refractivity contribution is 7.98. The Morgan fingerprint density at radius 3 is 2.60 bits per heavy atom. The van der Waals surface area contributed by atoms with Gasteiger partial charge in [0.2, 0.25) is 0 Å². The summed E-state index contributed by atoms with van der Waals surface area (Å²) < 4.78 is 0. The van der Waals surface area contributed by atoms with E-state index in [2.05, 4.69) is 47.7 Å². The number of anilines is 1. The van der Waals surface area contributed by atoms with E-state index in [9.17, 15) is 0 Å². The molecule has 0 aliphatic carbocycles. The quantitative estimate of drug-likeness (QED) is 0.799. The summed E-state index contributed by atoms with van der Waals surface area (Å²) in [6.07, 6.45) is 4.90. The fraction of sp³-hybridized carbons (Fsp3) is 0.312. The fourth-order valence-corrected chi connectivity index (χ4v) is 2.57. The molecule has 1 aromatic carbocycles. The zero-order valence-electron chi connectivity index (χ0n) is 12.0. The normalized spacial score (nSPS) is 12.3. The molecule has 20 heavy (non-hydrogen) atoms. The molecule has 3 nitrogen and oxygen atoms in total. The largest absolute Gasteiger partial charge is 0.383 e. The lowest BCUT2D eigenvalue weighted by atomic mass is 9.99. The molecular weight excluding hydrogens is 266 g/mol. The summed E-state index contributed by atoms with van der Waals surface area (Å²) in [4.78, 5) is 5.47. The number of pyridine rings is 1. The second-order valence-electron chi connectivity index (χ2n) is 4.64. The van der Waals surface area contributed by atoms with Gasteiger partial charge in [-0.05, 0) is 43.0 Å². The van der Waals surface area contributed by atoms with Crippen molar-refractivity contribution in [1.29, 1.82) is 0 Å². The van der Waals surface area contributed by atoms with Crippen molar-refractivity contribution >= 4 is 17.6 Å². The maximum absolute atomic E-state index is 6.03. The zero-order chi connectivity index (χ0) is 14.4. The van der Waals surface area contributed by atoms with E-state index >= 15 is 0 Å². The monoisotopic (exact) mass is 287 g/mol. The number of nitrogens with zero attached hydrogens (tertiary/aromatic N) is 1. The molecular formula is C16H21N3S. The Kier molecular flexibility index (Phi) is 5.44.